The first kappa shape index (κ1) is 31.4. The quantitative estimate of drug-likeness (QED) is 0.250. The largest absolute Gasteiger partial charge is 0.382 e. The first-order chi connectivity index (χ1) is 19.4. The van der Waals surface area contributed by atoms with E-state index in [9.17, 15) is 0 Å². The lowest BCUT2D eigenvalue weighted by molar-refractivity contribution is 0.364. The van der Waals surface area contributed by atoms with E-state index in [2.05, 4.69) is 112 Å². The van der Waals surface area contributed by atoms with E-state index in [0.29, 0.717) is 17.2 Å². The summed E-state index contributed by atoms with van der Waals surface area (Å²) in [4.78, 5) is 5.24. The number of nitrogens with zero attached hydrogens (tertiary/aromatic N) is 2. The zero-order valence-corrected chi connectivity index (χ0v) is 27.6. The van der Waals surface area contributed by atoms with Crippen molar-refractivity contribution in [3.63, 3.8) is 0 Å². The maximum atomic E-state index is 4.73. The maximum Gasteiger partial charge on any atom is 0.0524 e. The van der Waals surface area contributed by atoms with E-state index < -0.39 is 0 Å². The molecular weight excluding hydrogens is 520 g/mol. The van der Waals surface area contributed by atoms with Crippen molar-refractivity contribution in [2.24, 2.45) is 11.3 Å². The van der Waals surface area contributed by atoms with Crippen LogP contribution in [0.5, 0.6) is 0 Å². The molecule has 224 valence electrons. The van der Waals surface area contributed by atoms with Gasteiger partial charge in [-0.3, -0.25) is 0 Å². The van der Waals surface area contributed by atoms with Gasteiger partial charge < -0.3 is 20.4 Å². The van der Waals surface area contributed by atoms with Crippen molar-refractivity contribution in [3.8, 4) is 0 Å². The summed E-state index contributed by atoms with van der Waals surface area (Å²) < 4.78 is 0. The normalized spacial score (nSPS) is 20.7. The Morgan fingerprint density at radius 1 is 1.02 bits per heavy atom. The van der Waals surface area contributed by atoms with Crippen LogP contribution in [0.25, 0.3) is 0 Å². The molecule has 0 aromatic heterocycles. The number of hydrogen-bond acceptors (Lipinski definition) is 5. The van der Waals surface area contributed by atoms with E-state index in [1.807, 2.05) is 6.92 Å². The van der Waals surface area contributed by atoms with Crippen molar-refractivity contribution in [1.29, 1.82) is 0 Å². The predicted octanol–water partition coefficient (Wildman–Crippen LogP) is 8.22. The van der Waals surface area contributed by atoms with E-state index in [1.54, 1.807) is 0 Å². The number of benzene rings is 2. The fourth-order valence-electron chi connectivity index (χ4n) is 6.65. The molecule has 5 heteroatoms. The first-order valence-corrected chi connectivity index (χ1v) is 16.2. The van der Waals surface area contributed by atoms with Gasteiger partial charge in [0, 0.05) is 59.6 Å². The summed E-state index contributed by atoms with van der Waals surface area (Å²) in [6.45, 7) is 28.3. The average molecular weight is 575 g/mol. The highest BCUT2D eigenvalue weighted by molar-refractivity contribution is 7.80. The molecule has 2 aromatic carbocycles. The van der Waals surface area contributed by atoms with E-state index >= 15 is 0 Å². The lowest BCUT2D eigenvalue weighted by atomic mass is 9.79. The molecule has 0 saturated carbocycles. The molecule has 4 nitrogen and oxygen atoms in total. The number of allylic oxidation sites excluding steroid dienone is 2. The molecule has 2 aliphatic rings. The minimum absolute atomic E-state index is 0.0506. The third-order valence-electron chi connectivity index (χ3n) is 8.88. The van der Waals surface area contributed by atoms with E-state index in [0.717, 1.165) is 63.3 Å². The topological polar surface area (TPSA) is 30.5 Å². The molecular formula is C36H54N4S. The third kappa shape index (κ3) is 7.46. The lowest BCUT2D eigenvalue weighted by Crippen LogP contribution is -2.47. The highest BCUT2D eigenvalue weighted by Crippen LogP contribution is 2.40. The van der Waals surface area contributed by atoms with Gasteiger partial charge in [0.1, 0.15) is 0 Å². The summed E-state index contributed by atoms with van der Waals surface area (Å²) >= 11 is 4.73. The Bertz CT molecular complexity index is 1220. The van der Waals surface area contributed by atoms with E-state index in [-0.39, 0.29) is 11.5 Å². The standard InChI is InChI=1S/C36H54N4S/c1-10-28-29(33(23-26(5)41)37-24(2)3)13-11-15-34(28)39-17-19-40(20-18-39)35-16-12-14-30-31(35)21-25(4)22-32(30)38-27(6)36(7,8)9/h11-16,25-26,32-33,37-38,41H,2,6,10,17-23H2,1,3-5,7-9H3/t25?,26?,32?,33-/m1/s1. The third-order valence-corrected chi connectivity index (χ3v) is 9.09. The van der Waals surface area contributed by atoms with Crippen molar-refractivity contribution in [3.05, 3.63) is 83.2 Å². The molecule has 41 heavy (non-hydrogen) atoms. The maximum absolute atomic E-state index is 4.73. The molecule has 1 saturated heterocycles. The number of thiol groups is 1. The molecule has 2 N–H and O–H groups in total. The van der Waals surface area contributed by atoms with Crippen LogP contribution in [0.3, 0.4) is 0 Å². The average Bonchev–Trinajstić information content (AvgIpc) is 2.91. The number of fused-ring (bicyclic) bond motifs is 1. The number of rotatable bonds is 10. The number of hydrogen-bond donors (Lipinski definition) is 3. The van der Waals surface area contributed by atoms with Gasteiger partial charge in [0.05, 0.1) is 12.1 Å². The monoisotopic (exact) mass is 574 g/mol. The predicted molar refractivity (Wildman–Crippen MR) is 182 cm³/mol. The summed E-state index contributed by atoms with van der Waals surface area (Å²) in [7, 11) is 0. The van der Waals surface area contributed by atoms with Crippen molar-refractivity contribution < 1.29 is 0 Å². The molecule has 1 aliphatic carbocycles. The smallest absolute Gasteiger partial charge is 0.0524 e. The molecule has 4 atom stereocenters. The second kappa shape index (κ2) is 13.2. The van der Waals surface area contributed by atoms with Gasteiger partial charge in [-0.25, -0.2) is 0 Å². The first-order valence-electron chi connectivity index (χ1n) is 15.7. The minimum atomic E-state index is 0.0506. The van der Waals surface area contributed by atoms with Crippen LogP contribution in [0.2, 0.25) is 0 Å². The Morgan fingerprint density at radius 2 is 1.63 bits per heavy atom. The highest BCUT2D eigenvalue weighted by Gasteiger charge is 2.31. The molecule has 1 fully saturated rings. The number of anilines is 2. The summed E-state index contributed by atoms with van der Waals surface area (Å²) in [6, 6.07) is 14.4. The van der Waals surface area contributed by atoms with Crippen LogP contribution < -0.4 is 20.4 Å². The van der Waals surface area contributed by atoms with Crippen LogP contribution in [-0.4, -0.2) is 31.4 Å². The Labute approximate surface area is 256 Å². The fourth-order valence-corrected chi connectivity index (χ4v) is 6.86. The van der Waals surface area contributed by atoms with Gasteiger partial charge in [-0.05, 0) is 72.9 Å². The molecule has 1 aliphatic heterocycles. The molecule has 4 rings (SSSR count). The second-order valence-electron chi connectivity index (χ2n) is 13.5. The van der Waals surface area contributed by atoms with Crippen LogP contribution in [0, 0.1) is 11.3 Å². The summed E-state index contributed by atoms with van der Waals surface area (Å²) in [6.07, 6.45) is 4.29. The van der Waals surface area contributed by atoms with Gasteiger partial charge in [-0.1, -0.05) is 79.0 Å². The van der Waals surface area contributed by atoms with E-state index in [1.165, 1.54) is 33.6 Å². The van der Waals surface area contributed by atoms with Crippen molar-refractivity contribution in [2.45, 2.75) is 91.5 Å². The Kier molecular flexibility index (Phi) is 10.1. The Morgan fingerprint density at radius 3 is 2.22 bits per heavy atom. The fraction of sp³-hybridized carbons (Fsp3) is 0.556. The molecule has 0 radical (unpaired) electrons. The number of piperazine rings is 1. The van der Waals surface area contributed by atoms with Crippen LogP contribution in [-0.2, 0) is 12.8 Å². The molecule has 0 bridgehead atoms. The van der Waals surface area contributed by atoms with Gasteiger partial charge in [0.15, 0.2) is 0 Å². The summed E-state index contributed by atoms with van der Waals surface area (Å²) in [5.74, 6) is 0.644. The summed E-state index contributed by atoms with van der Waals surface area (Å²) in [5, 5.41) is 7.76. The molecule has 0 amide bonds. The number of nitrogens with one attached hydrogen (secondary N) is 2. The second-order valence-corrected chi connectivity index (χ2v) is 14.4. The molecule has 2 aromatic rings. The lowest BCUT2D eigenvalue weighted by Gasteiger charge is -2.41. The molecule has 1 heterocycles. The van der Waals surface area contributed by atoms with Gasteiger partial charge in [-0.15, -0.1) is 0 Å². The van der Waals surface area contributed by atoms with Crippen LogP contribution in [0.15, 0.2) is 61.0 Å². The van der Waals surface area contributed by atoms with E-state index in [4.69, 9.17) is 12.6 Å². The van der Waals surface area contributed by atoms with Crippen molar-refractivity contribution >= 4 is 24.0 Å². The minimum Gasteiger partial charge on any atom is -0.382 e. The Balaban J connectivity index is 1.55. The van der Waals surface area contributed by atoms with Crippen LogP contribution in [0.1, 0.15) is 95.6 Å². The van der Waals surface area contributed by atoms with Gasteiger partial charge >= 0.3 is 0 Å². The molecule has 0 spiro atoms. The highest BCUT2D eigenvalue weighted by atomic mass is 32.1. The van der Waals surface area contributed by atoms with Gasteiger partial charge in [0.2, 0.25) is 0 Å². The summed E-state index contributed by atoms with van der Waals surface area (Å²) in [5.41, 5.74) is 10.8. The molecule has 3 unspecified atom stereocenters. The van der Waals surface area contributed by atoms with Crippen LogP contribution >= 0.6 is 12.6 Å². The Hall–Kier alpha value is -2.53. The van der Waals surface area contributed by atoms with Crippen molar-refractivity contribution in [1.82, 2.24) is 10.6 Å². The SMILES string of the molecule is C=C(C)N[C@H](CC(C)S)c1cccc(N2CCN(c3cccc4c3CC(C)CC4NC(=C)C(C)(C)C)CC2)c1CC. The van der Waals surface area contributed by atoms with Gasteiger partial charge in [-0.2, -0.15) is 12.6 Å². The van der Waals surface area contributed by atoms with Crippen LogP contribution in [0.4, 0.5) is 11.4 Å². The zero-order chi connectivity index (χ0) is 29.9. The zero-order valence-electron chi connectivity index (χ0n) is 26.7. The van der Waals surface area contributed by atoms with Gasteiger partial charge in [0.25, 0.3) is 0 Å². The van der Waals surface area contributed by atoms with Crippen molar-refractivity contribution in [2.75, 3.05) is 36.0 Å².